The Morgan fingerprint density at radius 2 is 0.556 bits per heavy atom. The van der Waals surface area contributed by atoms with E-state index < -0.39 is 5.98 Å². The molecule has 0 aromatic heterocycles. The highest BCUT2D eigenvalue weighted by Crippen LogP contribution is 2.51. The Hall–Kier alpha value is 0.950. The largest absolute Gasteiger partial charge is 0.269 e. The van der Waals surface area contributed by atoms with Crippen LogP contribution in [0, 0.1) is 0 Å². The van der Waals surface area contributed by atoms with E-state index in [0.717, 1.165) is 0 Å². The van der Waals surface area contributed by atoms with Gasteiger partial charge in [-0.3, -0.25) is 23.5 Å². The second-order valence-electron chi connectivity index (χ2n) is 0.192. The van der Waals surface area contributed by atoms with Crippen LogP contribution in [0.25, 0.3) is 0 Å². The zero-order valence-corrected chi connectivity index (χ0v) is 6.78. The molecule has 0 amide bonds. The summed E-state index contributed by atoms with van der Waals surface area (Å²) < 4.78 is 0. The van der Waals surface area contributed by atoms with Crippen molar-refractivity contribution >= 4 is 39.7 Å². The highest BCUT2D eigenvalue weighted by molar-refractivity contribution is 8.20. The summed E-state index contributed by atoms with van der Waals surface area (Å²) in [5, 5.41) is 0. The molecule has 0 rings (SSSR count). The van der Waals surface area contributed by atoms with Gasteiger partial charge in [0.05, 0.1) is 0 Å². The van der Waals surface area contributed by atoms with Gasteiger partial charge in [0, 0.05) is 0 Å². The van der Waals surface area contributed by atoms with Gasteiger partial charge in [-0.05, 0) is 0 Å². The second kappa shape index (κ2) is 36.3. The summed E-state index contributed by atoms with van der Waals surface area (Å²) in [6, 6.07) is 0. The maximum absolute atomic E-state index is 4.87. The van der Waals surface area contributed by atoms with Crippen molar-refractivity contribution in [2.45, 2.75) is 0 Å². The summed E-state index contributed by atoms with van der Waals surface area (Å²) in [5.74, 6) is -1.20. The molecule has 0 aromatic rings. The van der Waals surface area contributed by atoms with E-state index >= 15 is 0 Å². The van der Waals surface area contributed by atoms with Crippen LogP contribution < -0.4 is 0 Å². The lowest BCUT2D eigenvalue weighted by molar-refractivity contribution is 1.11. The molecule has 0 aliphatic heterocycles. The Morgan fingerprint density at radius 1 is 0.556 bits per heavy atom. The van der Waals surface area contributed by atoms with Crippen LogP contribution in [-0.4, -0.2) is 0 Å². The monoisotopic (exact) mass is 236 g/mol. The Balaban J connectivity index is -0.00000000450. The third-order valence-electron chi connectivity index (χ3n) is 0. The van der Waals surface area contributed by atoms with Gasteiger partial charge in [0.25, 0.3) is 0 Å². The van der Waals surface area contributed by atoms with E-state index in [1.165, 1.54) is 0 Å². The van der Waals surface area contributed by atoms with Crippen molar-refractivity contribution < 1.29 is 23.5 Å². The summed E-state index contributed by atoms with van der Waals surface area (Å²) in [6.45, 7) is 0. The SMILES string of the molecule is ClP(Cl)Cl.F.F.F.F.F. The molecule has 0 nitrogen and oxygen atoms in total. The van der Waals surface area contributed by atoms with Gasteiger partial charge in [0.2, 0.25) is 0 Å². The van der Waals surface area contributed by atoms with Crippen LogP contribution in [0.15, 0.2) is 0 Å². The molecule has 0 fully saturated rings. The average Bonchev–Trinajstić information content (AvgIpc) is 0.811. The van der Waals surface area contributed by atoms with Crippen LogP contribution in [0.5, 0.6) is 0 Å². The first-order valence-corrected chi connectivity index (χ1v) is 4.56. The number of halogens is 8. The van der Waals surface area contributed by atoms with Gasteiger partial charge in [-0.1, -0.05) is 33.7 Å². The van der Waals surface area contributed by atoms with Gasteiger partial charge in [0.1, 0.15) is 0 Å². The highest BCUT2D eigenvalue weighted by atomic mass is 36.0. The van der Waals surface area contributed by atoms with Gasteiger partial charge in [-0.2, -0.15) is 0 Å². The van der Waals surface area contributed by atoms with Crippen molar-refractivity contribution in [2.75, 3.05) is 0 Å². The first-order valence-electron chi connectivity index (χ1n) is 0.507. The lowest BCUT2D eigenvalue weighted by Crippen LogP contribution is -0.958. The van der Waals surface area contributed by atoms with Gasteiger partial charge < -0.3 is 0 Å². The van der Waals surface area contributed by atoms with E-state index in [4.69, 9.17) is 33.7 Å². The van der Waals surface area contributed by atoms with Crippen LogP contribution in [-0.2, 0) is 0 Å². The van der Waals surface area contributed by atoms with Crippen molar-refractivity contribution in [1.29, 1.82) is 0 Å². The molecule has 0 aromatic carbocycles. The maximum Gasteiger partial charge on any atom is 0.179 e. The van der Waals surface area contributed by atoms with Gasteiger partial charge >= 0.3 is 0 Å². The molecule has 0 saturated carbocycles. The zero-order chi connectivity index (χ0) is 3.58. The molecule has 0 saturated heterocycles. The summed E-state index contributed by atoms with van der Waals surface area (Å²) >= 11 is 14.6. The molecule has 0 N–H and O–H groups in total. The molecule has 0 atom stereocenters. The minimum Gasteiger partial charge on any atom is -0.269 e. The van der Waals surface area contributed by atoms with E-state index in [1.807, 2.05) is 0 Å². The molecule has 0 unspecified atom stereocenters. The number of hydrogen-bond donors (Lipinski definition) is 0. The standard InChI is InChI=1S/Cl3P.5FH/c1-4(2)3;;;;;/h;5*1H. The Labute approximate surface area is 63.8 Å². The molecule has 9 heteroatoms. The Kier molecular flexibility index (Phi) is 206. The van der Waals surface area contributed by atoms with E-state index in [0.29, 0.717) is 0 Å². The fraction of sp³-hybridized carbons (Fsp3) is 0. The fourth-order valence-corrected chi connectivity index (χ4v) is 0. The zero-order valence-electron chi connectivity index (χ0n) is 3.62. The molecule has 66 valence electrons. The van der Waals surface area contributed by atoms with Crippen LogP contribution in [0.1, 0.15) is 0 Å². The Morgan fingerprint density at radius 3 is 0.556 bits per heavy atom. The van der Waals surface area contributed by atoms with E-state index in [2.05, 4.69) is 0 Å². The molecule has 0 radical (unpaired) electrons. The number of rotatable bonds is 0. The predicted octanol–water partition coefficient (Wildman–Crippen LogP) is 3.69. The molecule has 0 heterocycles. The van der Waals surface area contributed by atoms with Crippen molar-refractivity contribution in [3.05, 3.63) is 0 Å². The first-order chi connectivity index (χ1) is 1.73. The number of hydrogen-bond acceptors (Lipinski definition) is 0. The average molecular weight is 237 g/mol. The predicted molar refractivity (Wildman–Crippen MR) is 37.0 cm³/mol. The maximum atomic E-state index is 4.87. The van der Waals surface area contributed by atoms with Crippen molar-refractivity contribution in [3.8, 4) is 0 Å². The van der Waals surface area contributed by atoms with Gasteiger partial charge in [-0.15, -0.1) is 0 Å². The van der Waals surface area contributed by atoms with E-state index in [1.54, 1.807) is 0 Å². The second-order valence-corrected chi connectivity index (χ2v) is 5.17. The molecule has 0 bridgehead atoms. The lowest BCUT2D eigenvalue weighted by atomic mass is 19.0. The third kappa shape index (κ3) is 479. The van der Waals surface area contributed by atoms with E-state index in [-0.39, 0.29) is 23.5 Å². The molecule has 9 heavy (non-hydrogen) atoms. The minimum atomic E-state index is -1.20. The molecule has 0 aliphatic rings. The van der Waals surface area contributed by atoms with Crippen LogP contribution >= 0.6 is 39.7 Å². The van der Waals surface area contributed by atoms with Crippen molar-refractivity contribution in [2.24, 2.45) is 0 Å². The summed E-state index contributed by atoms with van der Waals surface area (Å²) in [6.07, 6.45) is 0. The quantitative estimate of drug-likeness (QED) is 0.445. The summed E-state index contributed by atoms with van der Waals surface area (Å²) in [4.78, 5) is 0. The minimum absolute atomic E-state index is 0. The lowest BCUT2D eigenvalue weighted by Gasteiger charge is -1.68. The fourth-order valence-electron chi connectivity index (χ4n) is 0. The normalized spacial score (nSPS) is 4.00. The van der Waals surface area contributed by atoms with Crippen LogP contribution in [0.3, 0.4) is 0 Å². The third-order valence-corrected chi connectivity index (χ3v) is 0. The summed E-state index contributed by atoms with van der Waals surface area (Å²) in [7, 11) is 0. The van der Waals surface area contributed by atoms with Crippen molar-refractivity contribution in [3.63, 3.8) is 0 Å². The van der Waals surface area contributed by atoms with Gasteiger partial charge in [-0.25, -0.2) is 0 Å². The smallest absolute Gasteiger partial charge is 0.179 e. The van der Waals surface area contributed by atoms with Crippen LogP contribution in [0.2, 0.25) is 0 Å². The highest BCUT2D eigenvalue weighted by Gasteiger charge is 1.80. The molecular weight excluding hydrogens is 232 g/mol. The topological polar surface area (TPSA) is 0 Å². The van der Waals surface area contributed by atoms with Crippen molar-refractivity contribution in [1.82, 2.24) is 0 Å². The van der Waals surface area contributed by atoms with Gasteiger partial charge in [0.15, 0.2) is 5.98 Å². The first kappa shape index (κ1) is 51.1. The summed E-state index contributed by atoms with van der Waals surface area (Å²) in [5.41, 5.74) is 0. The molecule has 0 spiro atoms. The molecule has 0 aliphatic carbocycles. The van der Waals surface area contributed by atoms with E-state index in [9.17, 15) is 0 Å². The molecular formula is H5Cl3F5P. The Bertz CT molecular complexity index is 16.9. The van der Waals surface area contributed by atoms with Crippen LogP contribution in [0.4, 0.5) is 23.5 Å².